The lowest BCUT2D eigenvalue weighted by Gasteiger charge is -2.16. The predicted molar refractivity (Wildman–Crippen MR) is 98.0 cm³/mol. The van der Waals surface area contributed by atoms with Gasteiger partial charge in [0.25, 0.3) is 0 Å². The van der Waals surface area contributed by atoms with Gasteiger partial charge in [0.15, 0.2) is 0 Å². The molecule has 2 aromatic rings. The maximum absolute atomic E-state index is 12.2. The summed E-state index contributed by atoms with van der Waals surface area (Å²) in [6.45, 7) is 3.86. The molecule has 0 radical (unpaired) electrons. The minimum Gasteiger partial charge on any atom is -0.465 e. The predicted octanol–water partition coefficient (Wildman–Crippen LogP) is 3.18. The second-order valence-electron chi connectivity index (χ2n) is 5.57. The summed E-state index contributed by atoms with van der Waals surface area (Å²) in [4.78, 5) is 24.0. The van der Waals surface area contributed by atoms with Crippen molar-refractivity contribution in [3.8, 4) is 0 Å². The van der Waals surface area contributed by atoms with Gasteiger partial charge >= 0.3 is 5.97 Å². The Morgan fingerprint density at radius 3 is 2.96 bits per heavy atom. The van der Waals surface area contributed by atoms with Crippen LogP contribution in [0.4, 0.5) is 5.82 Å². The number of carbonyl (C=O) groups is 2. The molecule has 1 amide bonds. The van der Waals surface area contributed by atoms with Crippen LogP contribution in [0.3, 0.4) is 0 Å². The zero-order valence-corrected chi connectivity index (χ0v) is 15.5. The molecule has 6 nitrogen and oxygen atoms in total. The van der Waals surface area contributed by atoms with Crippen molar-refractivity contribution < 1.29 is 14.3 Å². The molecule has 3 rings (SSSR count). The van der Waals surface area contributed by atoms with Crippen LogP contribution in [-0.4, -0.2) is 34.0 Å². The summed E-state index contributed by atoms with van der Waals surface area (Å²) in [5, 5.41) is 7.81. The first kappa shape index (κ1) is 17.8. The van der Waals surface area contributed by atoms with Crippen LogP contribution < -0.4 is 5.32 Å². The molecule has 25 heavy (non-hydrogen) atoms. The number of benzene rings is 1. The summed E-state index contributed by atoms with van der Waals surface area (Å²) < 4.78 is 6.49. The summed E-state index contributed by atoms with van der Waals surface area (Å²) in [6.07, 6.45) is 0. The number of aromatic nitrogens is 2. The van der Waals surface area contributed by atoms with E-state index in [1.807, 2.05) is 31.2 Å². The zero-order valence-electron chi connectivity index (χ0n) is 13.9. The van der Waals surface area contributed by atoms with Crippen LogP contribution in [0.5, 0.6) is 0 Å². The first-order valence-electron chi connectivity index (χ1n) is 7.90. The first-order chi connectivity index (χ1) is 12.0. The monoisotopic (exact) mass is 379 g/mol. The molecule has 0 saturated carbocycles. The summed E-state index contributed by atoms with van der Waals surface area (Å²) in [5.41, 5.74) is 2.54. The largest absolute Gasteiger partial charge is 0.465 e. The number of fused-ring (bicyclic) bond motifs is 1. The van der Waals surface area contributed by atoms with Crippen LogP contribution in [0.25, 0.3) is 0 Å². The van der Waals surface area contributed by atoms with Gasteiger partial charge in [0, 0.05) is 10.6 Å². The minimum absolute atomic E-state index is 0.0514. The zero-order chi connectivity index (χ0) is 18.0. The topological polar surface area (TPSA) is 73.2 Å². The fourth-order valence-corrected chi connectivity index (χ4v) is 4.36. The Labute approximate surface area is 154 Å². The molecule has 8 heteroatoms. The highest BCUT2D eigenvalue weighted by atomic mass is 35.5. The number of amides is 1. The third kappa shape index (κ3) is 3.67. The number of aryl methyl sites for hydroxylation is 1. The maximum atomic E-state index is 12.2. The second-order valence-corrected chi connectivity index (χ2v) is 7.07. The van der Waals surface area contributed by atoms with E-state index in [9.17, 15) is 9.59 Å². The average molecular weight is 380 g/mol. The molecule has 1 atom stereocenters. The lowest BCUT2D eigenvalue weighted by molar-refractivity contribution is -0.144. The Bertz CT molecular complexity index is 821. The lowest BCUT2D eigenvalue weighted by atomic mass is 10.0. The van der Waals surface area contributed by atoms with Crippen molar-refractivity contribution in [3.05, 3.63) is 46.1 Å². The molecule has 0 saturated heterocycles. The van der Waals surface area contributed by atoms with Gasteiger partial charge in [0.1, 0.15) is 12.4 Å². The maximum Gasteiger partial charge on any atom is 0.327 e. The van der Waals surface area contributed by atoms with Gasteiger partial charge in [-0.1, -0.05) is 29.8 Å². The normalized spacial score (nSPS) is 16.8. The molecule has 0 aliphatic carbocycles. The highest BCUT2D eigenvalue weighted by Crippen LogP contribution is 2.45. The van der Waals surface area contributed by atoms with E-state index in [-0.39, 0.29) is 17.7 Å². The fraction of sp³-hybridized carbons (Fsp3) is 0.353. The van der Waals surface area contributed by atoms with Gasteiger partial charge in [-0.05, 0) is 25.5 Å². The quantitative estimate of drug-likeness (QED) is 0.826. The van der Waals surface area contributed by atoms with E-state index < -0.39 is 5.97 Å². The number of anilines is 1. The summed E-state index contributed by atoms with van der Waals surface area (Å²) >= 11 is 7.87. The summed E-state index contributed by atoms with van der Waals surface area (Å²) in [6, 6.07) is 7.56. The number of ether oxygens (including phenoxy) is 1. The average Bonchev–Trinajstić information content (AvgIpc) is 2.75. The van der Waals surface area contributed by atoms with Crippen molar-refractivity contribution in [1.82, 2.24) is 9.78 Å². The number of nitrogens with zero attached hydrogens (tertiary/aromatic N) is 2. The van der Waals surface area contributed by atoms with Crippen LogP contribution in [0.1, 0.15) is 29.0 Å². The number of halogens is 1. The van der Waals surface area contributed by atoms with Crippen molar-refractivity contribution in [2.24, 2.45) is 0 Å². The number of thioether (sulfide) groups is 1. The van der Waals surface area contributed by atoms with Crippen molar-refractivity contribution in [2.75, 3.05) is 17.7 Å². The number of carbonyl (C=O) groups excluding carboxylic acids is 2. The van der Waals surface area contributed by atoms with Crippen LogP contribution >= 0.6 is 23.4 Å². The number of nitrogens with one attached hydrogen (secondary N) is 1. The van der Waals surface area contributed by atoms with E-state index in [1.165, 1.54) is 16.4 Å². The molecular weight excluding hydrogens is 362 g/mol. The van der Waals surface area contributed by atoms with E-state index in [2.05, 4.69) is 10.4 Å². The smallest absolute Gasteiger partial charge is 0.327 e. The van der Waals surface area contributed by atoms with E-state index >= 15 is 0 Å². The fourth-order valence-electron chi connectivity index (χ4n) is 2.83. The highest BCUT2D eigenvalue weighted by Gasteiger charge is 2.31. The van der Waals surface area contributed by atoms with Crippen molar-refractivity contribution in [2.45, 2.75) is 25.6 Å². The van der Waals surface area contributed by atoms with Crippen molar-refractivity contribution >= 4 is 41.1 Å². The van der Waals surface area contributed by atoms with Crippen molar-refractivity contribution in [3.63, 3.8) is 0 Å². The third-order valence-electron chi connectivity index (χ3n) is 3.85. The first-order valence-corrected chi connectivity index (χ1v) is 9.32. The highest BCUT2D eigenvalue weighted by molar-refractivity contribution is 8.00. The molecule has 1 aromatic carbocycles. The Morgan fingerprint density at radius 2 is 2.24 bits per heavy atom. The Kier molecular flexibility index (Phi) is 5.34. The molecule has 1 aliphatic heterocycles. The number of esters is 1. The molecule has 1 aromatic heterocycles. The molecule has 0 fully saturated rings. The summed E-state index contributed by atoms with van der Waals surface area (Å²) in [7, 11) is 0. The molecule has 132 valence electrons. The van der Waals surface area contributed by atoms with Gasteiger partial charge in [-0.3, -0.25) is 9.59 Å². The molecule has 0 bridgehead atoms. The van der Waals surface area contributed by atoms with Crippen LogP contribution in [-0.2, 0) is 20.9 Å². The summed E-state index contributed by atoms with van der Waals surface area (Å²) in [5.74, 6) is 0.299. The van der Waals surface area contributed by atoms with E-state index in [4.69, 9.17) is 16.3 Å². The molecule has 0 unspecified atom stereocenters. The molecule has 1 N–H and O–H groups in total. The van der Waals surface area contributed by atoms with Gasteiger partial charge < -0.3 is 10.1 Å². The van der Waals surface area contributed by atoms with Gasteiger partial charge in [0.2, 0.25) is 5.91 Å². The van der Waals surface area contributed by atoms with Gasteiger partial charge in [-0.2, -0.15) is 5.10 Å². The van der Waals surface area contributed by atoms with Crippen LogP contribution in [0.15, 0.2) is 24.3 Å². The van der Waals surface area contributed by atoms with E-state index in [0.29, 0.717) is 23.2 Å². The number of hydrogen-bond acceptors (Lipinski definition) is 5. The standard InChI is InChI=1S/C17H18ClN3O3S/c1-3-24-14(23)8-21-17-15(10(2)20-21)16(25-9-13(22)19-17)11-6-4-5-7-12(11)18/h4-7,16H,3,8-9H2,1-2H3,(H,19,22)/t16-/m0/s1. The van der Waals surface area contributed by atoms with Gasteiger partial charge in [-0.25, -0.2) is 4.68 Å². The molecule has 0 spiro atoms. The Balaban J connectivity index is 2.07. The minimum atomic E-state index is -0.395. The Morgan fingerprint density at radius 1 is 1.48 bits per heavy atom. The Hall–Kier alpha value is -1.99. The molecular formula is C17H18ClN3O3S. The number of rotatable bonds is 4. The van der Waals surface area contributed by atoms with E-state index in [0.717, 1.165) is 16.8 Å². The van der Waals surface area contributed by atoms with E-state index in [1.54, 1.807) is 6.92 Å². The van der Waals surface area contributed by atoms with Gasteiger partial charge in [0.05, 0.1) is 23.3 Å². The van der Waals surface area contributed by atoms with Crippen LogP contribution in [0, 0.1) is 6.92 Å². The molecule has 2 heterocycles. The van der Waals surface area contributed by atoms with Gasteiger partial charge in [-0.15, -0.1) is 11.8 Å². The number of hydrogen-bond donors (Lipinski definition) is 1. The van der Waals surface area contributed by atoms with Crippen molar-refractivity contribution in [1.29, 1.82) is 0 Å². The molecule has 1 aliphatic rings. The SMILES string of the molecule is CCOC(=O)Cn1nc(C)c2c1NC(=O)CS[C@H]2c1ccccc1Cl. The second kappa shape index (κ2) is 7.49. The third-order valence-corrected chi connectivity index (χ3v) is 5.44. The lowest BCUT2D eigenvalue weighted by Crippen LogP contribution is -2.20. The van der Waals surface area contributed by atoms with Crippen LogP contribution in [0.2, 0.25) is 5.02 Å².